The molecule has 3 rings (SSSR count). The Bertz CT molecular complexity index is 1220. The van der Waals surface area contributed by atoms with Crippen LogP contribution in [0.2, 0.25) is 5.02 Å². The van der Waals surface area contributed by atoms with E-state index in [0.717, 1.165) is 5.56 Å². The van der Waals surface area contributed by atoms with E-state index in [-0.39, 0.29) is 4.90 Å². The van der Waals surface area contributed by atoms with Crippen LogP contribution < -0.4 is 19.6 Å². The van der Waals surface area contributed by atoms with Crippen LogP contribution in [0, 0.1) is 0 Å². The lowest BCUT2D eigenvalue weighted by molar-refractivity contribution is -0.119. The second-order valence-corrected chi connectivity index (χ2v) is 8.96. The molecule has 1 amide bonds. The Balaban J connectivity index is 1.53. The normalized spacial score (nSPS) is 11.3. The highest BCUT2D eigenvalue weighted by Gasteiger charge is 2.14. The van der Waals surface area contributed by atoms with Gasteiger partial charge < -0.3 is 9.47 Å². The van der Waals surface area contributed by atoms with Crippen LogP contribution in [0.15, 0.2) is 82.8 Å². The standard InChI is InChI=1S/C23H22ClN3O5S/c1-31-22-13-18(9-12-21(22)32-16-17-7-10-19(24)11-8-17)14-25-27-23(28)15-26-33(29,30)20-5-3-2-4-6-20/h2-14,26H,15-16H2,1H3,(H,27,28)/b25-14-. The third-order valence-electron chi connectivity index (χ3n) is 4.37. The zero-order chi connectivity index (χ0) is 23.7. The van der Waals surface area contributed by atoms with Crippen LogP contribution in [0.3, 0.4) is 0 Å². The number of halogens is 1. The first-order chi connectivity index (χ1) is 15.9. The molecule has 0 unspecified atom stereocenters. The zero-order valence-electron chi connectivity index (χ0n) is 17.7. The summed E-state index contributed by atoms with van der Waals surface area (Å²) < 4.78 is 37.7. The average molecular weight is 488 g/mol. The number of carbonyl (C=O) groups excluding carboxylic acids is 1. The number of ether oxygens (including phenoxy) is 2. The smallest absolute Gasteiger partial charge is 0.255 e. The lowest BCUT2D eigenvalue weighted by Crippen LogP contribution is -2.34. The molecule has 0 aromatic heterocycles. The molecular formula is C23H22ClN3O5S. The van der Waals surface area contributed by atoms with Gasteiger partial charge >= 0.3 is 0 Å². The van der Waals surface area contributed by atoms with Crippen molar-refractivity contribution in [1.29, 1.82) is 0 Å². The van der Waals surface area contributed by atoms with Crippen molar-refractivity contribution >= 4 is 33.7 Å². The van der Waals surface area contributed by atoms with E-state index in [2.05, 4.69) is 15.2 Å². The number of nitrogens with zero attached hydrogens (tertiary/aromatic N) is 1. The third-order valence-corrected chi connectivity index (χ3v) is 6.04. The van der Waals surface area contributed by atoms with E-state index in [0.29, 0.717) is 28.7 Å². The molecule has 0 aliphatic rings. The molecule has 2 N–H and O–H groups in total. The maximum atomic E-state index is 12.1. The van der Waals surface area contributed by atoms with Gasteiger partial charge in [0.2, 0.25) is 10.0 Å². The zero-order valence-corrected chi connectivity index (χ0v) is 19.3. The number of sulfonamides is 1. The molecule has 0 saturated carbocycles. The highest BCUT2D eigenvalue weighted by Crippen LogP contribution is 2.28. The van der Waals surface area contributed by atoms with Gasteiger partial charge in [-0.2, -0.15) is 5.10 Å². The fourth-order valence-electron chi connectivity index (χ4n) is 2.69. The Morgan fingerprint density at radius 3 is 2.45 bits per heavy atom. The molecule has 0 heterocycles. The number of hydrogen-bond donors (Lipinski definition) is 2. The summed E-state index contributed by atoms with van der Waals surface area (Å²) >= 11 is 5.89. The summed E-state index contributed by atoms with van der Waals surface area (Å²) in [5.41, 5.74) is 3.88. The van der Waals surface area contributed by atoms with Crippen molar-refractivity contribution < 1.29 is 22.7 Å². The molecular weight excluding hydrogens is 466 g/mol. The van der Waals surface area contributed by atoms with Crippen LogP contribution >= 0.6 is 11.6 Å². The van der Waals surface area contributed by atoms with Crippen molar-refractivity contribution in [3.05, 3.63) is 88.9 Å². The lowest BCUT2D eigenvalue weighted by atomic mass is 10.2. The number of rotatable bonds is 10. The van der Waals surface area contributed by atoms with E-state index < -0.39 is 22.5 Å². The van der Waals surface area contributed by atoms with Crippen LogP contribution in [0.25, 0.3) is 0 Å². The number of methoxy groups -OCH3 is 1. The van der Waals surface area contributed by atoms with Gasteiger partial charge in [0.1, 0.15) is 6.61 Å². The van der Waals surface area contributed by atoms with Crippen molar-refractivity contribution in [3.63, 3.8) is 0 Å². The number of hydrazone groups is 1. The molecule has 0 aliphatic carbocycles. The van der Waals surface area contributed by atoms with Gasteiger partial charge in [-0.1, -0.05) is 41.9 Å². The number of nitrogens with one attached hydrogen (secondary N) is 2. The molecule has 0 spiro atoms. The molecule has 33 heavy (non-hydrogen) atoms. The predicted molar refractivity (Wildman–Crippen MR) is 126 cm³/mol. The second-order valence-electron chi connectivity index (χ2n) is 6.76. The minimum Gasteiger partial charge on any atom is -0.493 e. The minimum atomic E-state index is -3.77. The number of carbonyl (C=O) groups is 1. The molecule has 0 fully saturated rings. The summed E-state index contributed by atoms with van der Waals surface area (Å²) in [7, 11) is -2.25. The number of benzene rings is 3. The highest BCUT2D eigenvalue weighted by atomic mass is 35.5. The Morgan fingerprint density at radius 2 is 1.76 bits per heavy atom. The second kappa shape index (κ2) is 11.5. The van der Waals surface area contributed by atoms with Gasteiger partial charge in [0.25, 0.3) is 5.91 Å². The van der Waals surface area contributed by atoms with Crippen molar-refractivity contribution in [2.45, 2.75) is 11.5 Å². The van der Waals surface area contributed by atoms with Crippen molar-refractivity contribution in [3.8, 4) is 11.5 Å². The van der Waals surface area contributed by atoms with E-state index >= 15 is 0 Å². The summed E-state index contributed by atoms with van der Waals surface area (Å²) in [5, 5.41) is 4.51. The molecule has 10 heteroatoms. The fourth-order valence-corrected chi connectivity index (χ4v) is 3.82. The SMILES string of the molecule is COc1cc(/C=N\NC(=O)CNS(=O)(=O)c2ccccc2)ccc1OCc1ccc(Cl)cc1. The van der Waals surface area contributed by atoms with E-state index in [1.807, 2.05) is 12.1 Å². The Labute approximate surface area is 197 Å². The Morgan fingerprint density at radius 1 is 1.03 bits per heavy atom. The van der Waals surface area contributed by atoms with Gasteiger partial charge in [-0.25, -0.2) is 18.6 Å². The summed E-state index contributed by atoms with van der Waals surface area (Å²) in [6.45, 7) is -0.106. The quantitative estimate of drug-likeness (QED) is 0.337. The summed E-state index contributed by atoms with van der Waals surface area (Å²) in [4.78, 5) is 12.0. The first-order valence-corrected chi connectivity index (χ1v) is 11.7. The van der Waals surface area contributed by atoms with Crippen molar-refractivity contribution in [1.82, 2.24) is 10.1 Å². The van der Waals surface area contributed by atoms with Crippen LogP contribution in [0.1, 0.15) is 11.1 Å². The topological polar surface area (TPSA) is 106 Å². The first-order valence-electron chi connectivity index (χ1n) is 9.79. The van der Waals surface area contributed by atoms with Gasteiger partial charge in [0.05, 0.1) is 24.8 Å². The monoisotopic (exact) mass is 487 g/mol. The van der Waals surface area contributed by atoms with Crippen LogP contribution in [-0.2, 0) is 21.4 Å². The van der Waals surface area contributed by atoms with Crippen molar-refractivity contribution in [2.24, 2.45) is 5.10 Å². The molecule has 0 saturated heterocycles. The summed E-state index contributed by atoms with van der Waals surface area (Å²) in [6, 6.07) is 20.3. The maximum absolute atomic E-state index is 12.1. The summed E-state index contributed by atoms with van der Waals surface area (Å²) in [5.74, 6) is 0.430. The van der Waals surface area contributed by atoms with Crippen LogP contribution in [0.5, 0.6) is 11.5 Å². The molecule has 0 radical (unpaired) electrons. The molecule has 8 nitrogen and oxygen atoms in total. The fraction of sp³-hybridized carbons (Fsp3) is 0.130. The lowest BCUT2D eigenvalue weighted by Gasteiger charge is -2.11. The van der Waals surface area contributed by atoms with Crippen molar-refractivity contribution in [2.75, 3.05) is 13.7 Å². The van der Waals surface area contributed by atoms with Gasteiger partial charge in [-0.15, -0.1) is 0 Å². The Hall–Kier alpha value is -3.40. The molecule has 0 bridgehead atoms. The summed E-state index contributed by atoms with van der Waals surface area (Å²) in [6.07, 6.45) is 1.41. The van der Waals surface area contributed by atoms with Crippen LogP contribution in [0.4, 0.5) is 0 Å². The van der Waals surface area contributed by atoms with E-state index in [1.165, 1.54) is 25.5 Å². The van der Waals surface area contributed by atoms with Crippen LogP contribution in [-0.4, -0.2) is 34.2 Å². The molecule has 172 valence electrons. The van der Waals surface area contributed by atoms with E-state index in [9.17, 15) is 13.2 Å². The number of amides is 1. The van der Waals surface area contributed by atoms with E-state index in [1.54, 1.807) is 48.5 Å². The van der Waals surface area contributed by atoms with Gasteiger partial charge in [-0.05, 0) is 53.6 Å². The van der Waals surface area contributed by atoms with Gasteiger partial charge in [0.15, 0.2) is 11.5 Å². The molecule has 3 aromatic carbocycles. The first kappa shape index (κ1) is 24.2. The number of hydrogen-bond acceptors (Lipinski definition) is 6. The minimum absolute atomic E-state index is 0.0757. The van der Waals surface area contributed by atoms with E-state index in [4.69, 9.17) is 21.1 Å². The van der Waals surface area contributed by atoms with Gasteiger partial charge in [0, 0.05) is 5.02 Å². The molecule has 0 aliphatic heterocycles. The average Bonchev–Trinajstić information content (AvgIpc) is 2.83. The maximum Gasteiger partial charge on any atom is 0.255 e. The predicted octanol–water partition coefficient (Wildman–Crippen LogP) is 3.36. The highest BCUT2D eigenvalue weighted by molar-refractivity contribution is 7.89. The van der Waals surface area contributed by atoms with Gasteiger partial charge in [-0.3, -0.25) is 4.79 Å². The molecule has 0 atom stereocenters. The Kier molecular flexibility index (Phi) is 8.42. The molecule has 3 aromatic rings. The third kappa shape index (κ3) is 7.31. The largest absolute Gasteiger partial charge is 0.493 e.